The number of rotatable bonds is 7. The van der Waals surface area contributed by atoms with Gasteiger partial charge in [-0.3, -0.25) is 4.98 Å². The summed E-state index contributed by atoms with van der Waals surface area (Å²) in [5, 5.41) is 0.436. The summed E-state index contributed by atoms with van der Waals surface area (Å²) in [4.78, 5) is 12.8. The zero-order chi connectivity index (χ0) is 24.9. The van der Waals surface area contributed by atoms with Crippen LogP contribution in [0.15, 0.2) is 62.5 Å². The van der Waals surface area contributed by atoms with Crippen LogP contribution in [0.5, 0.6) is 0 Å². The molecule has 0 spiro atoms. The molecule has 2 aliphatic heterocycles. The van der Waals surface area contributed by atoms with Crippen LogP contribution >= 0.6 is 11.6 Å². The van der Waals surface area contributed by atoms with E-state index in [1.807, 2.05) is 6.92 Å². The zero-order valence-corrected chi connectivity index (χ0v) is 21.2. The highest BCUT2D eigenvalue weighted by molar-refractivity contribution is 7.93. The maximum absolute atomic E-state index is 13.2. The molecule has 0 N–H and O–H groups in total. The fraction of sp³-hybridized carbons (Fsp3) is 0.458. The molecule has 3 heterocycles. The number of aromatic nitrogens is 1. The maximum Gasteiger partial charge on any atom is 0.244 e. The smallest absolute Gasteiger partial charge is 0.244 e. The Bertz CT molecular complexity index is 1140. The highest BCUT2D eigenvalue weighted by Crippen LogP contribution is 2.38. The van der Waals surface area contributed by atoms with E-state index in [2.05, 4.69) is 21.5 Å². The fourth-order valence-corrected chi connectivity index (χ4v) is 6.23. The zero-order valence-electron chi connectivity index (χ0n) is 19.7. The Morgan fingerprint density at radius 3 is 2.76 bits per heavy atom. The van der Waals surface area contributed by atoms with Crippen molar-refractivity contribution in [3.05, 3.63) is 64.0 Å². The molecule has 10 heteroatoms. The summed E-state index contributed by atoms with van der Waals surface area (Å²) < 4.78 is 46.0. The van der Waals surface area contributed by atoms with E-state index in [1.54, 1.807) is 13.0 Å². The van der Waals surface area contributed by atoms with Gasteiger partial charge in [0.15, 0.2) is 0 Å². The highest BCUT2D eigenvalue weighted by Gasteiger charge is 2.36. The lowest BCUT2D eigenvalue weighted by Gasteiger charge is -2.37. The number of pyridine rings is 1. The molecule has 184 valence electrons. The number of nitrogens with zero attached hydrogens (tertiary/aromatic N) is 4. The molecule has 0 unspecified atom stereocenters. The van der Waals surface area contributed by atoms with Crippen LogP contribution in [0.2, 0.25) is 0 Å². The fourth-order valence-electron chi connectivity index (χ4n) is 4.34. The molecule has 0 radical (unpaired) electrons. The Morgan fingerprint density at radius 2 is 2.15 bits per heavy atom. The van der Waals surface area contributed by atoms with E-state index >= 15 is 0 Å². The van der Waals surface area contributed by atoms with Gasteiger partial charge in [0.2, 0.25) is 15.9 Å². The lowest BCUT2D eigenvalue weighted by Crippen LogP contribution is -2.44. The van der Waals surface area contributed by atoms with Crippen LogP contribution in [0.4, 0.5) is 4.39 Å². The number of aliphatic imine (C=N–C) groups is 2. The summed E-state index contributed by atoms with van der Waals surface area (Å²) in [6, 6.07) is 2.97. The van der Waals surface area contributed by atoms with Crippen LogP contribution < -0.4 is 0 Å². The summed E-state index contributed by atoms with van der Waals surface area (Å²) in [5.41, 5.74) is 2.40. The van der Waals surface area contributed by atoms with Crippen molar-refractivity contribution in [2.45, 2.75) is 39.5 Å². The monoisotopic (exact) mass is 508 g/mol. The quantitative estimate of drug-likeness (QED) is 0.294. The Balaban J connectivity index is 1.78. The molecule has 34 heavy (non-hydrogen) atoms. The van der Waals surface area contributed by atoms with Crippen LogP contribution in [-0.4, -0.2) is 49.8 Å². The predicted octanol–water partition coefficient (Wildman–Crippen LogP) is 5.02. The molecule has 2 aliphatic rings. The molecule has 7 nitrogen and oxygen atoms in total. The minimum Gasteiger partial charge on any atom is -0.481 e. The van der Waals surface area contributed by atoms with Crippen molar-refractivity contribution in [3.8, 4) is 0 Å². The van der Waals surface area contributed by atoms with Gasteiger partial charge in [0.25, 0.3) is 0 Å². The van der Waals surface area contributed by atoms with Crippen molar-refractivity contribution >= 4 is 33.6 Å². The van der Waals surface area contributed by atoms with Crippen molar-refractivity contribution in [2.75, 3.05) is 20.2 Å². The summed E-state index contributed by atoms with van der Waals surface area (Å²) in [5.74, 6) is -0.0877. The number of ether oxygens (including phenoxy) is 1. The van der Waals surface area contributed by atoms with Crippen LogP contribution in [-0.2, 0) is 14.8 Å². The SMILES string of the molecule is C=C(/N=C\C(=C/C)S(=O)(=O)N1CC[C@@H](C2=C(Cl)N=C(c3ccc(F)cn3)CCC2)[C@@H](C)C1)OC. The first kappa shape index (κ1) is 26.2. The van der Waals surface area contributed by atoms with E-state index in [1.165, 1.54) is 36.0 Å². The van der Waals surface area contributed by atoms with E-state index < -0.39 is 15.8 Å². The minimum atomic E-state index is -3.70. The Labute approximate surface area is 205 Å². The van der Waals surface area contributed by atoms with Crippen molar-refractivity contribution in [2.24, 2.45) is 21.8 Å². The van der Waals surface area contributed by atoms with E-state index in [-0.39, 0.29) is 22.6 Å². The number of sulfonamides is 1. The van der Waals surface area contributed by atoms with E-state index in [0.717, 1.165) is 24.1 Å². The van der Waals surface area contributed by atoms with Gasteiger partial charge < -0.3 is 4.74 Å². The topological polar surface area (TPSA) is 84.2 Å². The van der Waals surface area contributed by atoms with Gasteiger partial charge in [-0.25, -0.2) is 22.8 Å². The van der Waals surface area contributed by atoms with Gasteiger partial charge in [0.1, 0.15) is 11.0 Å². The molecular weight excluding hydrogens is 479 g/mol. The number of halogens is 2. The number of piperidine rings is 1. The van der Waals surface area contributed by atoms with Gasteiger partial charge >= 0.3 is 0 Å². The first-order valence-corrected chi connectivity index (χ1v) is 13.0. The molecule has 3 rings (SSSR count). The first-order valence-electron chi connectivity index (χ1n) is 11.2. The van der Waals surface area contributed by atoms with Gasteiger partial charge in [-0.2, -0.15) is 4.31 Å². The average molecular weight is 509 g/mol. The third-order valence-corrected chi connectivity index (χ3v) is 8.47. The largest absolute Gasteiger partial charge is 0.481 e. The van der Waals surface area contributed by atoms with Gasteiger partial charge in [-0.05, 0) is 68.7 Å². The summed E-state index contributed by atoms with van der Waals surface area (Å²) >= 11 is 6.66. The molecule has 0 saturated carbocycles. The summed E-state index contributed by atoms with van der Waals surface area (Å²) in [6.45, 7) is 8.02. The molecule has 0 aromatic carbocycles. The van der Waals surface area contributed by atoms with Crippen molar-refractivity contribution < 1.29 is 17.5 Å². The lowest BCUT2D eigenvalue weighted by atomic mass is 9.80. The molecule has 2 atom stereocenters. The molecule has 1 fully saturated rings. The summed E-state index contributed by atoms with van der Waals surface area (Å²) in [7, 11) is -2.28. The third kappa shape index (κ3) is 6.00. The van der Waals surface area contributed by atoms with Gasteiger partial charge in [0.05, 0.1) is 35.8 Å². The Morgan fingerprint density at radius 1 is 1.38 bits per heavy atom. The lowest BCUT2D eigenvalue weighted by molar-refractivity contribution is 0.221. The van der Waals surface area contributed by atoms with Gasteiger partial charge in [0, 0.05) is 13.1 Å². The number of hydrogen-bond acceptors (Lipinski definition) is 6. The molecule has 0 amide bonds. The van der Waals surface area contributed by atoms with Crippen LogP contribution in [0.3, 0.4) is 0 Å². The molecule has 1 aromatic rings. The number of allylic oxidation sites excluding steroid dienone is 3. The molecular formula is C24H30ClFN4O3S. The van der Waals surface area contributed by atoms with Crippen molar-refractivity contribution in [1.29, 1.82) is 0 Å². The molecule has 1 aromatic heterocycles. The van der Waals surface area contributed by atoms with E-state index in [9.17, 15) is 12.8 Å². The second-order valence-electron chi connectivity index (χ2n) is 8.37. The highest BCUT2D eigenvalue weighted by atomic mass is 35.5. The molecule has 1 saturated heterocycles. The molecule has 0 aliphatic carbocycles. The third-order valence-electron chi connectivity index (χ3n) is 6.19. The molecule has 0 bridgehead atoms. The maximum atomic E-state index is 13.2. The first-order chi connectivity index (χ1) is 16.2. The second-order valence-corrected chi connectivity index (χ2v) is 10.7. The Kier molecular flexibility index (Phi) is 8.78. The van der Waals surface area contributed by atoms with Gasteiger partial charge in [-0.1, -0.05) is 24.6 Å². The standard InChI is InChI=1S/C24H30ClFN4O3S/c1-5-19(14-27-17(3)33-4)34(31,32)30-12-11-20(16(2)15-30)21-7-6-8-23(29-24(21)25)22-10-9-18(26)13-28-22/h5,9-10,13-14,16,20H,3,6-8,11-12,15H2,1-2,4H3/b19-5+,27-14-/t16-,20+/m0/s1. The van der Waals surface area contributed by atoms with Crippen molar-refractivity contribution in [1.82, 2.24) is 9.29 Å². The van der Waals surface area contributed by atoms with Gasteiger partial charge in [-0.15, -0.1) is 0 Å². The number of hydrogen-bond donors (Lipinski definition) is 0. The van der Waals surface area contributed by atoms with E-state index in [0.29, 0.717) is 36.8 Å². The Hall–Kier alpha value is -2.36. The minimum absolute atomic E-state index is 0.0527. The van der Waals surface area contributed by atoms with E-state index in [4.69, 9.17) is 16.3 Å². The second kappa shape index (κ2) is 11.4. The number of methoxy groups -OCH3 is 1. The predicted molar refractivity (Wildman–Crippen MR) is 134 cm³/mol. The normalized spacial score (nSPS) is 23.1. The van der Waals surface area contributed by atoms with Crippen LogP contribution in [0.25, 0.3) is 0 Å². The summed E-state index contributed by atoms with van der Waals surface area (Å²) in [6.07, 6.45) is 6.92. The average Bonchev–Trinajstić information content (AvgIpc) is 3.01. The van der Waals surface area contributed by atoms with Crippen LogP contribution in [0, 0.1) is 17.7 Å². The van der Waals surface area contributed by atoms with Crippen LogP contribution in [0.1, 0.15) is 45.2 Å². The van der Waals surface area contributed by atoms with Crippen molar-refractivity contribution in [3.63, 3.8) is 0 Å².